The molecule has 0 spiro atoms. The van der Waals surface area contributed by atoms with E-state index >= 15 is 0 Å². The Labute approximate surface area is 186 Å². The Kier molecular flexibility index (Phi) is 4.52. The summed E-state index contributed by atoms with van der Waals surface area (Å²) in [5.41, 5.74) is 11.1. The van der Waals surface area contributed by atoms with Crippen molar-refractivity contribution in [2.45, 2.75) is 12.8 Å². The predicted octanol–water partition coefficient (Wildman–Crippen LogP) is 1.72. The Bertz CT molecular complexity index is 1680. The highest BCUT2D eigenvalue weighted by Crippen LogP contribution is 2.32. The number of rotatable bonds is 4. The number of aromatic nitrogens is 1. The number of fused-ring (bicyclic) bond motifs is 3. The van der Waals surface area contributed by atoms with Crippen molar-refractivity contribution in [1.29, 1.82) is 0 Å². The summed E-state index contributed by atoms with van der Waals surface area (Å²) in [6.07, 6.45) is 6.54. The lowest BCUT2D eigenvalue weighted by molar-refractivity contribution is 0.796. The summed E-state index contributed by atoms with van der Waals surface area (Å²) in [4.78, 5) is 53.2. The molecule has 1 aromatic heterocycles. The third-order valence-corrected chi connectivity index (χ3v) is 6.10. The lowest BCUT2D eigenvalue weighted by Gasteiger charge is -2.14. The van der Waals surface area contributed by atoms with Crippen molar-refractivity contribution < 1.29 is 0 Å². The number of hydrogen-bond donors (Lipinski definition) is 3. The summed E-state index contributed by atoms with van der Waals surface area (Å²) in [6, 6.07) is 6.32. The maximum Gasteiger partial charge on any atom is 0.268 e. The van der Waals surface area contributed by atoms with Crippen LogP contribution in [0, 0.1) is 0 Å². The summed E-state index contributed by atoms with van der Waals surface area (Å²) in [5.74, 6) is 0. The van der Waals surface area contributed by atoms with Crippen LogP contribution in [-0.2, 0) is 0 Å². The van der Waals surface area contributed by atoms with Crippen molar-refractivity contribution in [3.63, 3.8) is 0 Å². The average molecular weight is 440 g/mol. The van der Waals surface area contributed by atoms with E-state index in [0.29, 0.717) is 18.7 Å². The molecule has 0 bridgehead atoms. The third kappa shape index (κ3) is 2.77. The molecule has 164 valence electrons. The lowest BCUT2D eigenvalue weighted by Crippen LogP contribution is -2.26. The van der Waals surface area contributed by atoms with E-state index in [2.05, 4.69) is 11.9 Å². The monoisotopic (exact) mass is 440 g/mol. The van der Waals surface area contributed by atoms with Crippen LogP contribution >= 0.6 is 0 Å². The summed E-state index contributed by atoms with van der Waals surface area (Å²) in [7, 11) is 0. The zero-order valence-electron chi connectivity index (χ0n) is 17.6. The molecule has 0 amide bonds. The molecular weight excluding hydrogens is 420 g/mol. The molecule has 0 unspecified atom stereocenters. The SMILES string of the molecule is C=CCNC1=CC(n2c(=O)c3c(N)c4c(=O)c5ccccc5c(=O)c4c(N)c3c2=O)=CCC1. The number of allylic oxidation sites excluding steroid dienone is 4. The Balaban J connectivity index is 1.92. The predicted molar refractivity (Wildman–Crippen MR) is 133 cm³/mol. The van der Waals surface area contributed by atoms with E-state index in [0.717, 1.165) is 16.7 Å². The molecule has 3 aromatic carbocycles. The molecule has 33 heavy (non-hydrogen) atoms. The van der Waals surface area contributed by atoms with Gasteiger partial charge in [-0.15, -0.1) is 6.58 Å². The minimum atomic E-state index is -0.673. The van der Waals surface area contributed by atoms with E-state index in [-0.39, 0.29) is 43.7 Å². The van der Waals surface area contributed by atoms with E-state index < -0.39 is 22.0 Å². The van der Waals surface area contributed by atoms with Gasteiger partial charge in [-0.05, 0) is 18.9 Å². The van der Waals surface area contributed by atoms with Gasteiger partial charge in [0.2, 0.25) is 0 Å². The van der Waals surface area contributed by atoms with E-state index in [4.69, 9.17) is 11.5 Å². The Morgan fingerprint density at radius 2 is 1.45 bits per heavy atom. The Morgan fingerprint density at radius 1 is 0.909 bits per heavy atom. The first kappa shape index (κ1) is 20.4. The van der Waals surface area contributed by atoms with Gasteiger partial charge in [0, 0.05) is 23.0 Å². The van der Waals surface area contributed by atoms with Gasteiger partial charge >= 0.3 is 0 Å². The fourth-order valence-corrected chi connectivity index (χ4v) is 4.59. The molecule has 4 aromatic rings. The molecule has 0 saturated carbocycles. The fourth-order valence-electron chi connectivity index (χ4n) is 4.59. The molecule has 1 heterocycles. The van der Waals surface area contributed by atoms with Crippen molar-refractivity contribution in [2.24, 2.45) is 0 Å². The first-order valence-corrected chi connectivity index (χ1v) is 10.4. The number of nitrogen functional groups attached to an aromatic ring is 2. The first-order chi connectivity index (χ1) is 15.9. The fraction of sp³-hybridized carbons (Fsp3) is 0.120. The molecule has 0 saturated heterocycles. The minimum absolute atomic E-state index is 0.126. The van der Waals surface area contributed by atoms with Gasteiger partial charge in [-0.2, -0.15) is 0 Å². The van der Waals surface area contributed by atoms with Gasteiger partial charge in [-0.1, -0.05) is 36.4 Å². The number of nitrogens with one attached hydrogen (secondary N) is 1. The van der Waals surface area contributed by atoms with E-state index in [1.54, 1.807) is 30.4 Å². The molecule has 0 aliphatic heterocycles. The van der Waals surface area contributed by atoms with Crippen LogP contribution in [0.4, 0.5) is 11.4 Å². The molecule has 0 radical (unpaired) electrons. The standard InChI is InChI=1S/C25H20N4O4/c1-2-10-28-12-6-5-7-13(11-12)29-24(32)18-19(25(29)33)21(27)17-16(20(18)26)22(30)14-8-3-4-9-15(14)23(17)31/h2-4,7-9,11,28H,1,5-6,10,26-27H2. The highest BCUT2D eigenvalue weighted by atomic mass is 16.2. The molecule has 8 nitrogen and oxygen atoms in total. The number of hydrogen-bond acceptors (Lipinski definition) is 7. The second kappa shape index (κ2) is 7.30. The smallest absolute Gasteiger partial charge is 0.268 e. The van der Waals surface area contributed by atoms with Gasteiger partial charge in [-0.3, -0.25) is 19.2 Å². The minimum Gasteiger partial charge on any atom is -0.397 e. The summed E-state index contributed by atoms with van der Waals surface area (Å²) >= 11 is 0. The largest absolute Gasteiger partial charge is 0.397 e. The number of benzene rings is 3. The zero-order chi connectivity index (χ0) is 23.4. The molecule has 1 aliphatic rings. The van der Waals surface area contributed by atoms with Gasteiger partial charge in [-0.25, -0.2) is 4.57 Å². The van der Waals surface area contributed by atoms with Gasteiger partial charge in [0.05, 0.1) is 38.6 Å². The average Bonchev–Trinajstić information content (AvgIpc) is 3.09. The van der Waals surface area contributed by atoms with Gasteiger partial charge in [0.25, 0.3) is 11.1 Å². The maximum atomic E-state index is 13.4. The van der Waals surface area contributed by atoms with Crippen LogP contribution in [0.25, 0.3) is 38.0 Å². The van der Waals surface area contributed by atoms with Crippen LogP contribution in [0.3, 0.4) is 0 Å². The molecular formula is C25H20N4O4. The Morgan fingerprint density at radius 3 is 1.97 bits per heavy atom. The molecule has 1 aliphatic carbocycles. The van der Waals surface area contributed by atoms with Crippen LogP contribution in [0.1, 0.15) is 12.8 Å². The van der Waals surface area contributed by atoms with Crippen molar-refractivity contribution in [1.82, 2.24) is 9.88 Å². The highest BCUT2D eigenvalue weighted by Gasteiger charge is 2.26. The molecule has 0 fully saturated rings. The molecule has 5 N–H and O–H groups in total. The van der Waals surface area contributed by atoms with Crippen molar-refractivity contribution in [2.75, 3.05) is 18.0 Å². The third-order valence-electron chi connectivity index (χ3n) is 6.10. The van der Waals surface area contributed by atoms with Crippen LogP contribution in [-0.4, -0.2) is 11.1 Å². The second-order valence-electron chi connectivity index (χ2n) is 7.98. The maximum absolute atomic E-state index is 13.4. The van der Waals surface area contributed by atoms with Crippen molar-refractivity contribution >= 4 is 49.4 Å². The zero-order valence-corrected chi connectivity index (χ0v) is 17.6. The van der Waals surface area contributed by atoms with Gasteiger partial charge < -0.3 is 16.8 Å². The quantitative estimate of drug-likeness (QED) is 0.190. The summed E-state index contributed by atoms with van der Waals surface area (Å²) < 4.78 is 1.000. The van der Waals surface area contributed by atoms with Crippen LogP contribution < -0.4 is 38.8 Å². The van der Waals surface area contributed by atoms with E-state index in [9.17, 15) is 19.2 Å². The van der Waals surface area contributed by atoms with Crippen LogP contribution in [0.5, 0.6) is 0 Å². The topological polar surface area (TPSA) is 137 Å². The number of nitrogens with two attached hydrogens (primary N) is 2. The normalized spacial score (nSPS) is 13.9. The molecule has 5 rings (SSSR count). The first-order valence-electron chi connectivity index (χ1n) is 10.4. The Hall–Kier alpha value is -4.46. The number of nitrogens with zero attached hydrogens (tertiary/aromatic N) is 1. The van der Waals surface area contributed by atoms with Gasteiger partial charge in [0.15, 0.2) is 10.9 Å². The second-order valence-corrected chi connectivity index (χ2v) is 7.98. The lowest BCUT2D eigenvalue weighted by atomic mass is 9.97. The van der Waals surface area contributed by atoms with Crippen molar-refractivity contribution in [3.8, 4) is 0 Å². The summed E-state index contributed by atoms with van der Waals surface area (Å²) in [6.45, 7) is 4.21. The van der Waals surface area contributed by atoms with Crippen LogP contribution in [0.15, 0.2) is 73.9 Å². The van der Waals surface area contributed by atoms with E-state index in [1.165, 1.54) is 12.1 Å². The highest BCUT2D eigenvalue weighted by molar-refractivity contribution is 6.20. The van der Waals surface area contributed by atoms with Crippen LogP contribution in [0.2, 0.25) is 0 Å². The van der Waals surface area contributed by atoms with Gasteiger partial charge in [0.1, 0.15) is 0 Å². The molecule has 0 atom stereocenters. The molecule has 8 heteroatoms. The number of anilines is 2. The van der Waals surface area contributed by atoms with E-state index in [1.807, 2.05) is 0 Å². The van der Waals surface area contributed by atoms with Crippen molar-refractivity contribution in [3.05, 3.63) is 95.9 Å². The summed E-state index contributed by atoms with van der Waals surface area (Å²) in [5, 5.41) is 3.02.